The third-order valence-corrected chi connectivity index (χ3v) is 4.49. The van der Waals surface area contributed by atoms with Gasteiger partial charge in [-0.15, -0.1) is 11.3 Å². The van der Waals surface area contributed by atoms with Crippen LogP contribution in [0.2, 0.25) is 5.15 Å². The van der Waals surface area contributed by atoms with E-state index in [2.05, 4.69) is 27.2 Å². The van der Waals surface area contributed by atoms with E-state index in [4.69, 9.17) is 11.6 Å². The van der Waals surface area contributed by atoms with Gasteiger partial charge in [0.2, 0.25) is 0 Å². The summed E-state index contributed by atoms with van der Waals surface area (Å²) in [6, 6.07) is 7.80. The maximum absolute atomic E-state index is 12.1. The summed E-state index contributed by atoms with van der Waals surface area (Å²) in [5, 5.41) is 3.29. The number of hydrogen-bond donors (Lipinski definition) is 1. The van der Waals surface area contributed by atoms with Crippen molar-refractivity contribution in [2.45, 2.75) is 19.3 Å². The predicted molar refractivity (Wildman–Crippen MR) is 95.7 cm³/mol. The number of nitrogens with one attached hydrogen (secondary N) is 1. The monoisotopic (exact) mass is 358 g/mol. The molecule has 1 atom stereocenters. The van der Waals surface area contributed by atoms with Gasteiger partial charge in [0.25, 0.3) is 5.91 Å². The molecule has 0 unspecified atom stereocenters. The molecule has 0 aliphatic rings. The van der Waals surface area contributed by atoms with Gasteiger partial charge in [-0.3, -0.25) is 14.8 Å². The van der Waals surface area contributed by atoms with E-state index in [0.29, 0.717) is 10.0 Å². The average molecular weight is 359 g/mol. The fourth-order valence-corrected chi connectivity index (χ4v) is 3.03. The minimum Gasteiger partial charge on any atom is -0.321 e. The number of halogens is 1. The Bertz CT molecular complexity index is 838. The van der Waals surface area contributed by atoms with Gasteiger partial charge in [0, 0.05) is 11.9 Å². The Morgan fingerprint density at radius 1 is 1.29 bits per heavy atom. The van der Waals surface area contributed by atoms with Crippen molar-refractivity contribution >= 4 is 34.5 Å². The Balaban J connectivity index is 1.71. The van der Waals surface area contributed by atoms with Crippen molar-refractivity contribution in [3.63, 3.8) is 0 Å². The zero-order valence-corrected chi connectivity index (χ0v) is 14.5. The van der Waals surface area contributed by atoms with Crippen LogP contribution in [0, 0.1) is 0 Å². The number of aromatic nitrogens is 3. The molecule has 1 N–H and O–H groups in total. The highest BCUT2D eigenvalue weighted by molar-refractivity contribution is 7.11. The number of nitrogens with zero attached hydrogens (tertiary/aromatic N) is 3. The molecule has 1 aromatic carbocycles. The summed E-state index contributed by atoms with van der Waals surface area (Å²) in [5.74, 6) is 0.0704. The lowest BCUT2D eigenvalue weighted by Gasteiger charge is -2.13. The van der Waals surface area contributed by atoms with Crippen LogP contribution in [-0.2, 0) is 6.42 Å². The molecule has 0 fully saturated rings. The highest BCUT2D eigenvalue weighted by atomic mass is 35.5. The zero-order chi connectivity index (χ0) is 16.9. The van der Waals surface area contributed by atoms with Crippen molar-refractivity contribution in [1.29, 1.82) is 0 Å². The normalized spacial score (nSPS) is 11.9. The standard InChI is InChI=1S/C17H15ClN4OS/c1-11(5-14-7-19-9-16(18)21-14)12-3-2-4-13(6-12)22-17(23)15-8-20-10-24-15/h2-4,6-11H,5H2,1H3,(H,22,23)/t11-/m1/s1. The quantitative estimate of drug-likeness (QED) is 0.742. The Morgan fingerprint density at radius 2 is 2.17 bits per heavy atom. The molecule has 0 aliphatic heterocycles. The summed E-state index contributed by atoms with van der Waals surface area (Å²) in [4.78, 5) is 24.9. The molecule has 3 aromatic rings. The van der Waals surface area contributed by atoms with Crippen LogP contribution >= 0.6 is 22.9 Å². The number of benzene rings is 1. The lowest BCUT2D eigenvalue weighted by atomic mass is 9.96. The number of carbonyl (C=O) groups is 1. The molecule has 0 aliphatic carbocycles. The highest BCUT2D eigenvalue weighted by Gasteiger charge is 2.11. The van der Waals surface area contributed by atoms with Gasteiger partial charge in [-0.1, -0.05) is 30.7 Å². The van der Waals surface area contributed by atoms with Crippen LogP contribution in [0.3, 0.4) is 0 Å². The summed E-state index contributed by atoms with van der Waals surface area (Å²) in [6.45, 7) is 2.10. The smallest absolute Gasteiger partial charge is 0.267 e. The van der Waals surface area contributed by atoms with Gasteiger partial charge in [0.1, 0.15) is 10.0 Å². The Morgan fingerprint density at radius 3 is 2.92 bits per heavy atom. The van der Waals surface area contributed by atoms with E-state index in [1.54, 1.807) is 17.9 Å². The Labute approximate surface area is 148 Å². The van der Waals surface area contributed by atoms with Crippen LogP contribution in [0.25, 0.3) is 0 Å². The molecule has 0 bridgehead atoms. The van der Waals surface area contributed by atoms with Gasteiger partial charge >= 0.3 is 0 Å². The SMILES string of the molecule is C[C@H](Cc1cncc(Cl)n1)c1cccc(NC(=O)c2cncs2)c1. The maximum atomic E-state index is 12.1. The van der Waals surface area contributed by atoms with Gasteiger partial charge in [-0.25, -0.2) is 4.98 Å². The number of carbonyl (C=O) groups excluding carboxylic acids is 1. The minimum atomic E-state index is -0.150. The largest absolute Gasteiger partial charge is 0.321 e. The van der Waals surface area contributed by atoms with E-state index in [-0.39, 0.29) is 11.8 Å². The van der Waals surface area contributed by atoms with Crippen molar-refractivity contribution in [2.75, 3.05) is 5.32 Å². The first-order valence-corrected chi connectivity index (χ1v) is 8.64. The highest BCUT2D eigenvalue weighted by Crippen LogP contribution is 2.23. The third-order valence-electron chi connectivity index (χ3n) is 3.54. The van der Waals surface area contributed by atoms with Crippen molar-refractivity contribution in [3.8, 4) is 0 Å². The van der Waals surface area contributed by atoms with Crippen LogP contribution < -0.4 is 5.32 Å². The summed E-state index contributed by atoms with van der Waals surface area (Å²) in [5.41, 5.74) is 4.35. The van der Waals surface area contributed by atoms with E-state index >= 15 is 0 Å². The van der Waals surface area contributed by atoms with Crippen LogP contribution in [0.1, 0.15) is 33.8 Å². The lowest BCUT2D eigenvalue weighted by Crippen LogP contribution is -2.10. The Hall–Kier alpha value is -2.31. The maximum Gasteiger partial charge on any atom is 0.267 e. The third kappa shape index (κ3) is 4.15. The minimum absolute atomic E-state index is 0.150. The lowest BCUT2D eigenvalue weighted by molar-refractivity contribution is 0.103. The fraction of sp³-hybridized carbons (Fsp3) is 0.176. The molecule has 2 aromatic heterocycles. The molecule has 2 heterocycles. The van der Waals surface area contributed by atoms with E-state index < -0.39 is 0 Å². The summed E-state index contributed by atoms with van der Waals surface area (Å²) in [6.07, 6.45) is 5.52. The fourth-order valence-electron chi connectivity index (χ4n) is 2.35. The number of anilines is 1. The topological polar surface area (TPSA) is 67.8 Å². The number of rotatable bonds is 5. The van der Waals surface area contributed by atoms with Gasteiger partial charge in [-0.2, -0.15) is 0 Å². The molecular weight excluding hydrogens is 344 g/mol. The van der Waals surface area contributed by atoms with Gasteiger partial charge in [0.05, 0.1) is 23.6 Å². The molecule has 122 valence electrons. The van der Waals surface area contributed by atoms with Crippen molar-refractivity contribution < 1.29 is 4.79 Å². The summed E-state index contributed by atoms with van der Waals surface area (Å²) < 4.78 is 0. The van der Waals surface area contributed by atoms with Crippen LogP contribution in [0.4, 0.5) is 5.69 Å². The molecular formula is C17H15ClN4OS. The van der Waals surface area contributed by atoms with Crippen molar-refractivity contribution in [1.82, 2.24) is 15.0 Å². The van der Waals surface area contributed by atoms with E-state index in [0.717, 1.165) is 23.4 Å². The van der Waals surface area contributed by atoms with Gasteiger partial charge in [-0.05, 0) is 30.0 Å². The molecule has 0 saturated carbocycles. The second kappa shape index (κ2) is 7.51. The molecule has 5 nitrogen and oxygen atoms in total. The zero-order valence-electron chi connectivity index (χ0n) is 12.9. The average Bonchev–Trinajstić information content (AvgIpc) is 3.10. The summed E-state index contributed by atoms with van der Waals surface area (Å²) in [7, 11) is 0. The van der Waals surface area contributed by atoms with Crippen molar-refractivity contribution in [2.24, 2.45) is 0 Å². The van der Waals surface area contributed by atoms with E-state index in [1.165, 1.54) is 17.5 Å². The molecule has 24 heavy (non-hydrogen) atoms. The molecule has 7 heteroatoms. The van der Waals surface area contributed by atoms with Crippen molar-refractivity contribution in [3.05, 3.63) is 69.7 Å². The molecule has 0 spiro atoms. The predicted octanol–water partition coefficient (Wildman–Crippen LogP) is 4.19. The molecule has 0 saturated heterocycles. The second-order valence-electron chi connectivity index (χ2n) is 5.38. The first kappa shape index (κ1) is 16.5. The first-order chi connectivity index (χ1) is 11.6. The number of thiazole rings is 1. The molecule has 0 radical (unpaired) electrons. The summed E-state index contributed by atoms with van der Waals surface area (Å²) >= 11 is 7.19. The Kier molecular flexibility index (Phi) is 5.17. The van der Waals surface area contributed by atoms with Crippen LogP contribution in [-0.4, -0.2) is 20.9 Å². The second-order valence-corrected chi connectivity index (χ2v) is 6.66. The van der Waals surface area contributed by atoms with E-state index in [1.807, 2.05) is 24.3 Å². The van der Waals surface area contributed by atoms with Crippen LogP contribution in [0.15, 0.2) is 48.4 Å². The van der Waals surface area contributed by atoms with Gasteiger partial charge < -0.3 is 5.32 Å². The van der Waals surface area contributed by atoms with Gasteiger partial charge in [0.15, 0.2) is 0 Å². The molecule has 1 amide bonds. The van der Waals surface area contributed by atoms with Crippen LogP contribution in [0.5, 0.6) is 0 Å². The number of hydrogen-bond acceptors (Lipinski definition) is 5. The molecule has 3 rings (SSSR count). The first-order valence-electron chi connectivity index (χ1n) is 7.38. The number of amides is 1. The van der Waals surface area contributed by atoms with E-state index in [9.17, 15) is 4.79 Å².